The van der Waals surface area contributed by atoms with E-state index in [4.69, 9.17) is 5.73 Å². The number of halogens is 1. The highest BCUT2D eigenvalue weighted by atomic mass is 32.1. The summed E-state index contributed by atoms with van der Waals surface area (Å²) in [7, 11) is 0. The summed E-state index contributed by atoms with van der Waals surface area (Å²) in [4.78, 5) is 13.4. The Balaban J connectivity index is 2.07. The molecule has 0 saturated heterocycles. The SMILES string of the molecule is Nc1cc(F)cc(NCc2csc(=O)[nH]2)c1. The van der Waals surface area contributed by atoms with Crippen LogP contribution in [-0.4, -0.2) is 4.98 Å². The number of anilines is 2. The van der Waals surface area contributed by atoms with Crippen LogP contribution in [-0.2, 0) is 6.54 Å². The number of aromatic amines is 1. The van der Waals surface area contributed by atoms with Crippen LogP contribution in [0.15, 0.2) is 28.4 Å². The van der Waals surface area contributed by atoms with E-state index in [0.29, 0.717) is 17.9 Å². The van der Waals surface area contributed by atoms with Crippen molar-refractivity contribution in [2.45, 2.75) is 6.54 Å². The van der Waals surface area contributed by atoms with E-state index >= 15 is 0 Å². The fourth-order valence-corrected chi connectivity index (χ4v) is 1.89. The summed E-state index contributed by atoms with van der Waals surface area (Å²) in [6.45, 7) is 0.432. The molecule has 0 fully saturated rings. The van der Waals surface area contributed by atoms with Gasteiger partial charge >= 0.3 is 4.87 Å². The number of hydrogen-bond acceptors (Lipinski definition) is 4. The Kier molecular flexibility index (Phi) is 2.91. The van der Waals surface area contributed by atoms with Crippen molar-refractivity contribution in [1.29, 1.82) is 0 Å². The van der Waals surface area contributed by atoms with E-state index in [-0.39, 0.29) is 10.7 Å². The molecule has 2 aromatic rings. The first-order chi connectivity index (χ1) is 7.63. The monoisotopic (exact) mass is 239 g/mol. The summed E-state index contributed by atoms with van der Waals surface area (Å²) < 4.78 is 13.0. The Hall–Kier alpha value is -1.82. The third-order valence-corrected chi connectivity index (χ3v) is 2.69. The van der Waals surface area contributed by atoms with Crippen molar-refractivity contribution in [3.8, 4) is 0 Å². The zero-order valence-electron chi connectivity index (χ0n) is 8.29. The summed E-state index contributed by atoms with van der Waals surface area (Å²) in [6.07, 6.45) is 0. The molecule has 1 heterocycles. The highest BCUT2D eigenvalue weighted by molar-refractivity contribution is 7.07. The molecule has 0 spiro atoms. The maximum Gasteiger partial charge on any atom is 0.304 e. The Morgan fingerprint density at radius 2 is 2.25 bits per heavy atom. The molecule has 0 saturated carbocycles. The van der Waals surface area contributed by atoms with Crippen molar-refractivity contribution in [2.24, 2.45) is 0 Å². The fraction of sp³-hybridized carbons (Fsp3) is 0.100. The van der Waals surface area contributed by atoms with E-state index < -0.39 is 0 Å². The molecule has 1 aromatic carbocycles. The van der Waals surface area contributed by atoms with Crippen LogP contribution in [0.4, 0.5) is 15.8 Å². The number of hydrogen-bond donors (Lipinski definition) is 3. The van der Waals surface area contributed by atoms with Gasteiger partial charge in [0.05, 0.1) is 6.54 Å². The fourth-order valence-electron chi connectivity index (χ4n) is 1.31. The van der Waals surface area contributed by atoms with Crippen LogP contribution in [0.1, 0.15) is 5.69 Å². The highest BCUT2D eigenvalue weighted by Crippen LogP contribution is 2.15. The highest BCUT2D eigenvalue weighted by Gasteiger charge is 2.00. The smallest absolute Gasteiger partial charge is 0.304 e. The van der Waals surface area contributed by atoms with Crippen molar-refractivity contribution < 1.29 is 4.39 Å². The lowest BCUT2D eigenvalue weighted by Gasteiger charge is -2.05. The van der Waals surface area contributed by atoms with Gasteiger partial charge in [-0.2, -0.15) is 0 Å². The standard InChI is InChI=1S/C10H10FN3OS/c11-6-1-7(12)3-8(2-6)13-4-9-5-16-10(15)14-9/h1-3,5,13H,4,12H2,(H,14,15). The second-order valence-corrected chi connectivity index (χ2v) is 4.14. The predicted molar refractivity (Wildman–Crippen MR) is 63.1 cm³/mol. The van der Waals surface area contributed by atoms with Gasteiger partial charge in [0, 0.05) is 22.4 Å². The molecule has 0 unspecified atom stereocenters. The van der Waals surface area contributed by atoms with E-state index in [2.05, 4.69) is 10.3 Å². The van der Waals surface area contributed by atoms with Gasteiger partial charge in [0.15, 0.2) is 0 Å². The van der Waals surface area contributed by atoms with Gasteiger partial charge in [-0.25, -0.2) is 4.39 Å². The number of benzene rings is 1. The first kappa shape index (κ1) is 10.7. The Morgan fingerprint density at radius 1 is 1.44 bits per heavy atom. The van der Waals surface area contributed by atoms with Crippen LogP contribution in [0, 0.1) is 5.82 Å². The molecule has 0 bridgehead atoms. The number of nitrogens with one attached hydrogen (secondary N) is 2. The molecule has 0 aliphatic rings. The van der Waals surface area contributed by atoms with Crippen molar-refractivity contribution in [3.63, 3.8) is 0 Å². The molecule has 0 aliphatic carbocycles. The van der Waals surface area contributed by atoms with Gasteiger partial charge in [-0.3, -0.25) is 4.79 Å². The van der Waals surface area contributed by atoms with Gasteiger partial charge < -0.3 is 16.0 Å². The normalized spacial score (nSPS) is 10.3. The first-order valence-electron chi connectivity index (χ1n) is 4.60. The molecular weight excluding hydrogens is 229 g/mol. The van der Waals surface area contributed by atoms with E-state index in [9.17, 15) is 9.18 Å². The van der Waals surface area contributed by atoms with Crippen LogP contribution >= 0.6 is 11.3 Å². The van der Waals surface area contributed by atoms with Gasteiger partial charge in [-0.05, 0) is 18.2 Å². The number of aromatic nitrogens is 1. The second-order valence-electron chi connectivity index (χ2n) is 3.30. The van der Waals surface area contributed by atoms with Crippen LogP contribution in [0.3, 0.4) is 0 Å². The number of nitrogens with two attached hydrogens (primary N) is 1. The van der Waals surface area contributed by atoms with Gasteiger partial charge in [-0.1, -0.05) is 11.3 Å². The number of H-pyrrole nitrogens is 1. The van der Waals surface area contributed by atoms with Crippen molar-refractivity contribution in [1.82, 2.24) is 4.98 Å². The quantitative estimate of drug-likeness (QED) is 0.715. The number of thiazole rings is 1. The van der Waals surface area contributed by atoms with E-state index in [1.54, 1.807) is 11.4 Å². The van der Waals surface area contributed by atoms with Crippen LogP contribution in [0.5, 0.6) is 0 Å². The molecule has 1 aromatic heterocycles. The summed E-state index contributed by atoms with van der Waals surface area (Å²) in [6, 6.07) is 4.23. The van der Waals surface area contributed by atoms with E-state index in [1.165, 1.54) is 12.1 Å². The van der Waals surface area contributed by atoms with Crippen molar-refractivity contribution in [2.75, 3.05) is 11.1 Å². The molecule has 4 nitrogen and oxygen atoms in total. The minimum absolute atomic E-state index is 0.101. The summed E-state index contributed by atoms with van der Waals surface area (Å²) in [5, 5.41) is 4.69. The lowest BCUT2D eigenvalue weighted by Crippen LogP contribution is -2.03. The zero-order valence-corrected chi connectivity index (χ0v) is 9.10. The van der Waals surface area contributed by atoms with Gasteiger partial charge in [0.2, 0.25) is 0 Å². The molecule has 6 heteroatoms. The summed E-state index contributed by atoms with van der Waals surface area (Å²) in [5.74, 6) is -0.388. The molecule has 16 heavy (non-hydrogen) atoms. The maximum absolute atomic E-state index is 13.0. The Labute approximate surface area is 94.9 Å². The van der Waals surface area contributed by atoms with Crippen LogP contribution < -0.4 is 15.9 Å². The third kappa shape index (κ3) is 2.60. The average Bonchev–Trinajstić information content (AvgIpc) is 2.60. The molecule has 0 radical (unpaired) electrons. The van der Waals surface area contributed by atoms with Crippen LogP contribution in [0.25, 0.3) is 0 Å². The topological polar surface area (TPSA) is 70.9 Å². The molecule has 0 aliphatic heterocycles. The molecule has 0 amide bonds. The van der Waals surface area contributed by atoms with Gasteiger partial charge in [0.1, 0.15) is 5.82 Å². The van der Waals surface area contributed by atoms with Crippen molar-refractivity contribution >= 4 is 22.7 Å². The molecule has 4 N–H and O–H groups in total. The Morgan fingerprint density at radius 3 is 2.88 bits per heavy atom. The zero-order chi connectivity index (χ0) is 11.5. The third-order valence-electron chi connectivity index (χ3n) is 1.97. The number of rotatable bonds is 3. The Bertz CT molecular complexity index is 529. The predicted octanol–water partition coefficient (Wildman–Crippen LogP) is 1.77. The van der Waals surface area contributed by atoms with Crippen molar-refractivity contribution in [3.05, 3.63) is 44.8 Å². The van der Waals surface area contributed by atoms with Crippen LogP contribution in [0.2, 0.25) is 0 Å². The van der Waals surface area contributed by atoms with Gasteiger partial charge in [0.25, 0.3) is 0 Å². The average molecular weight is 239 g/mol. The summed E-state index contributed by atoms with van der Waals surface area (Å²) >= 11 is 1.10. The summed E-state index contributed by atoms with van der Waals surface area (Å²) in [5.41, 5.74) is 7.21. The molecule has 2 rings (SSSR count). The first-order valence-corrected chi connectivity index (χ1v) is 5.48. The maximum atomic E-state index is 13.0. The minimum Gasteiger partial charge on any atom is -0.399 e. The lowest BCUT2D eigenvalue weighted by molar-refractivity contribution is 0.629. The molecule has 0 atom stereocenters. The minimum atomic E-state index is -0.388. The van der Waals surface area contributed by atoms with Gasteiger partial charge in [-0.15, -0.1) is 0 Å². The van der Waals surface area contributed by atoms with E-state index in [0.717, 1.165) is 17.0 Å². The second kappa shape index (κ2) is 4.36. The molecular formula is C10H10FN3OS. The lowest BCUT2D eigenvalue weighted by atomic mass is 10.2. The largest absolute Gasteiger partial charge is 0.399 e. The molecule has 84 valence electrons. The van der Waals surface area contributed by atoms with E-state index in [1.807, 2.05) is 0 Å². The number of nitrogen functional groups attached to an aromatic ring is 1.